The molecule has 0 atom stereocenters. The normalized spacial score (nSPS) is 10.2. The van der Waals surface area contributed by atoms with E-state index in [1.807, 2.05) is 37.3 Å². The van der Waals surface area contributed by atoms with Crippen molar-refractivity contribution in [3.05, 3.63) is 59.7 Å². The summed E-state index contributed by atoms with van der Waals surface area (Å²) >= 11 is 0. The highest BCUT2D eigenvalue weighted by atomic mass is 16.5. The molecule has 0 saturated heterocycles. The van der Waals surface area contributed by atoms with Crippen molar-refractivity contribution >= 4 is 12.1 Å². The van der Waals surface area contributed by atoms with Crippen LogP contribution in [0.4, 0.5) is 0 Å². The van der Waals surface area contributed by atoms with Crippen molar-refractivity contribution in [2.75, 3.05) is 13.2 Å². The maximum Gasteiger partial charge on any atom is 0.277 e. The molecule has 0 bridgehead atoms. The number of carbonyl (C=O) groups is 1. The van der Waals surface area contributed by atoms with Crippen LogP contribution < -0.4 is 14.9 Å². The highest BCUT2D eigenvalue weighted by Gasteiger charge is 2.02. The van der Waals surface area contributed by atoms with E-state index in [1.54, 1.807) is 24.3 Å². The van der Waals surface area contributed by atoms with E-state index in [-0.39, 0.29) is 12.5 Å². The molecule has 1 amide bonds. The van der Waals surface area contributed by atoms with Crippen LogP contribution in [0.5, 0.6) is 11.5 Å². The van der Waals surface area contributed by atoms with Gasteiger partial charge in [0.05, 0.1) is 24.5 Å². The molecule has 122 valence electrons. The van der Waals surface area contributed by atoms with Gasteiger partial charge in [-0.2, -0.15) is 10.4 Å². The van der Waals surface area contributed by atoms with E-state index in [2.05, 4.69) is 10.5 Å². The summed E-state index contributed by atoms with van der Waals surface area (Å²) in [6, 6.07) is 15.9. The zero-order chi connectivity index (χ0) is 17.2. The first-order valence-electron chi connectivity index (χ1n) is 7.39. The number of hydrazone groups is 1. The maximum absolute atomic E-state index is 11.7. The third-order valence-corrected chi connectivity index (χ3v) is 2.97. The second kappa shape index (κ2) is 8.96. The van der Waals surface area contributed by atoms with Crippen LogP contribution in [0.1, 0.15) is 18.1 Å². The number of hydrogen-bond acceptors (Lipinski definition) is 5. The van der Waals surface area contributed by atoms with E-state index in [0.717, 1.165) is 5.56 Å². The fourth-order valence-corrected chi connectivity index (χ4v) is 1.85. The number of nitriles is 1. The SMILES string of the molecule is CCOc1ccccc1/C=N/NC(=O)COc1ccc(C#N)cc1. The average Bonchev–Trinajstić information content (AvgIpc) is 2.62. The number of carbonyl (C=O) groups excluding carboxylic acids is 1. The van der Waals surface area contributed by atoms with Crippen LogP contribution in [0.25, 0.3) is 0 Å². The topological polar surface area (TPSA) is 83.7 Å². The summed E-state index contributed by atoms with van der Waals surface area (Å²) in [5.74, 6) is 0.825. The standard InChI is InChI=1S/C18H17N3O3/c1-2-23-17-6-4-3-5-15(17)12-20-21-18(22)13-24-16-9-7-14(11-19)8-10-16/h3-10,12H,2,13H2,1H3,(H,21,22)/b20-12+. The summed E-state index contributed by atoms with van der Waals surface area (Å²) in [4.78, 5) is 11.7. The average molecular weight is 323 g/mol. The Hall–Kier alpha value is -3.33. The van der Waals surface area contributed by atoms with Crippen molar-refractivity contribution in [1.82, 2.24) is 5.43 Å². The Morgan fingerprint density at radius 1 is 1.21 bits per heavy atom. The number of nitrogens with zero attached hydrogens (tertiary/aromatic N) is 2. The largest absolute Gasteiger partial charge is 0.493 e. The first-order chi connectivity index (χ1) is 11.7. The molecule has 0 heterocycles. The van der Waals surface area contributed by atoms with Gasteiger partial charge in [0.25, 0.3) is 5.91 Å². The van der Waals surface area contributed by atoms with E-state index < -0.39 is 0 Å². The smallest absolute Gasteiger partial charge is 0.277 e. The molecule has 2 rings (SSSR count). The molecule has 2 aromatic rings. The fourth-order valence-electron chi connectivity index (χ4n) is 1.85. The lowest BCUT2D eigenvalue weighted by Gasteiger charge is -2.06. The highest BCUT2D eigenvalue weighted by molar-refractivity contribution is 5.85. The summed E-state index contributed by atoms with van der Waals surface area (Å²) in [5, 5.41) is 12.6. The third kappa shape index (κ3) is 5.14. The van der Waals surface area contributed by atoms with Gasteiger partial charge in [0.2, 0.25) is 0 Å². The predicted molar refractivity (Wildman–Crippen MR) is 90.0 cm³/mol. The summed E-state index contributed by atoms with van der Waals surface area (Å²) in [6.07, 6.45) is 1.52. The first-order valence-corrected chi connectivity index (χ1v) is 7.39. The molecule has 0 fully saturated rings. The zero-order valence-electron chi connectivity index (χ0n) is 13.2. The molecule has 0 unspecified atom stereocenters. The lowest BCUT2D eigenvalue weighted by atomic mass is 10.2. The monoisotopic (exact) mass is 323 g/mol. The first kappa shape index (κ1) is 17.0. The van der Waals surface area contributed by atoms with E-state index in [9.17, 15) is 4.79 Å². The minimum atomic E-state index is -0.385. The number of ether oxygens (including phenoxy) is 2. The van der Waals surface area contributed by atoms with Crippen LogP contribution in [-0.4, -0.2) is 25.3 Å². The van der Waals surface area contributed by atoms with Crippen LogP contribution in [0.15, 0.2) is 53.6 Å². The summed E-state index contributed by atoms with van der Waals surface area (Å²) in [5.41, 5.74) is 3.69. The Kier molecular flexibility index (Phi) is 6.35. The minimum Gasteiger partial charge on any atom is -0.493 e. The summed E-state index contributed by atoms with van der Waals surface area (Å²) in [7, 11) is 0. The molecule has 0 spiro atoms. The van der Waals surface area contributed by atoms with Crippen molar-refractivity contribution in [3.8, 4) is 17.6 Å². The van der Waals surface area contributed by atoms with Gasteiger partial charge in [-0.25, -0.2) is 5.43 Å². The molecular weight excluding hydrogens is 306 g/mol. The van der Waals surface area contributed by atoms with E-state index in [0.29, 0.717) is 23.7 Å². The predicted octanol–water partition coefficient (Wildman–Crippen LogP) is 2.49. The third-order valence-electron chi connectivity index (χ3n) is 2.97. The fraction of sp³-hybridized carbons (Fsp3) is 0.167. The van der Waals surface area contributed by atoms with Crippen LogP contribution in [-0.2, 0) is 4.79 Å². The van der Waals surface area contributed by atoms with Gasteiger partial charge in [0.1, 0.15) is 11.5 Å². The summed E-state index contributed by atoms with van der Waals surface area (Å²) in [6.45, 7) is 2.28. The Labute approximate surface area is 140 Å². The molecule has 1 N–H and O–H groups in total. The molecule has 2 aromatic carbocycles. The van der Waals surface area contributed by atoms with E-state index in [1.165, 1.54) is 6.21 Å². The molecule has 0 radical (unpaired) electrons. The van der Waals surface area contributed by atoms with Crippen LogP contribution in [0, 0.1) is 11.3 Å². The minimum absolute atomic E-state index is 0.170. The number of hydrogen-bond donors (Lipinski definition) is 1. The molecule has 0 aliphatic heterocycles. The molecule has 0 saturated carbocycles. The lowest BCUT2D eigenvalue weighted by molar-refractivity contribution is -0.123. The lowest BCUT2D eigenvalue weighted by Crippen LogP contribution is -2.24. The van der Waals surface area contributed by atoms with Gasteiger partial charge in [0.15, 0.2) is 6.61 Å². The second-order valence-corrected chi connectivity index (χ2v) is 4.69. The highest BCUT2D eigenvalue weighted by Crippen LogP contribution is 2.15. The van der Waals surface area contributed by atoms with Crippen molar-refractivity contribution in [2.45, 2.75) is 6.92 Å². The van der Waals surface area contributed by atoms with Gasteiger partial charge >= 0.3 is 0 Å². The van der Waals surface area contributed by atoms with Crippen molar-refractivity contribution in [3.63, 3.8) is 0 Å². The molecule has 6 nitrogen and oxygen atoms in total. The quantitative estimate of drug-likeness (QED) is 0.627. The van der Waals surface area contributed by atoms with Crippen LogP contribution >= 0.6 is 0 Å². The molecule has 0 aliphatic rings. The van der Waals surface area contributed by atoms with Crippen molar-refractivity contribution in [1.29, 1.82) is 5.26 Å². The number of nitrogens with one attached hydrogen (secondary N) is 1. The number of para-hydroxylation sites is 1. The number of benzene rings is 2. The van der Waals surface area contributed by atoms with Gasteiger partial charge in [-0.1, -0.05) is 12.1 Å². The summed E-state index contributed by atoms with van der Waals surface area (Å²) < 4.78 is 10.8. The molecule has 0 aliphatic carbocycles. The zero-order valence-corrected chi connectivity index (χ0v) is 13.2. The number of amides is 1. The Morgan fingerprint density at radius 2 is 1.96 bits per heavy atom. The molecular formula is C18H17N3O3. The van der Waals surface area contributed by atoms with Gasteiger partial charge in [-0.15, -0.1) is 0 Å². The van der Waals surface area contributed by atoms with Gasteiger partial charge < -0.3 is 9.47 Å². The maximum atomic E-state index is 11.7. The van der Waals surface area contributed by atoms with Crippen molar-refractivity contribution in [2.24, 2.45) is 5.10 Å². The Bertz CT molecular complexity index is 749. The number of rotatable bonds is 7. The van der Waals surface area contributed by atoms with Gasteiger partial charge in [-0.3, -0.25) is 4.79 Å². The van der Waals surface area contributed by atoms with Crippen LogP contribution in [0.3, 0.4) is 0 Å². The Balaban J connectivity index is 1.83. The van der Waals surface area contributed by atoms with Crippen molar-refractivity contribution < 1.29 is 14.3 Å². The molecule has 24 heavy (non-hydrogen) atoms. The second-order valence-electron chi connectivity index (χ2n) is 4.69. The van der Waals surface area contributed by atoms with Crippen LogP contribution in [0.2, 0.25) is 0 Å². The van der Waals surface area contributed by atoms with Gasteiger partial charge in [-0.05, 0) is 43.3 Å². The molecule has 6 heteroatoms. The van der Waals surface area contributed by atoms with E-state index >= 15 is 0 Å². The Morgan fingerprint density at radius 3 is 2.67 bits per heavy atom. The molecule has 0 aromatic heterocycles. The van der Waals surface area contributed by atoms with E-state index in [4.69, 9.17) is 14.7 Å². The van der Waals surface area contributed by atoms with Gasteiger partial charge in [0, 0.05) is 5.56 Å².